The first-order chi connectivity index (χ1) is 9.97. The van der Waals surface area contributed by atoms with Crippen LogP contribution in [0.2, 0.25) is 0 Å². The average Bonchev–Trinajstić information content (AvgIpc) is 2.49. The number of nitrogens with one attached hydrogen (secondary N) is 1. The second-order valence-corrected chi connectivity index (χ2v) is 5.88. The molecule has 0 unspecified atom stereocenters. The fourth-order valence-electron chi connectivity index (χ4n) is 2.49. The van der Waals surface area contributed by atoms with Crippen LogP contribution in [0.5, 0.6) is 5.75 Å². The van der Waals surface area contributed by atoms with Crippen LogP contribution < -0.4 is 15.8 Å². The van der Waals surface area contributed by atoms with Crippen LogP contribution in [0.15, 0.2) is 24.3 Å². The van der Waals surface area contributed by atoms with Crippen LogP contribution in [0.1, 0.15) is 23.2 Å². The van der Waals surface area contributed by atoms with Gasteiger partial charge in [-0.05, 0) is 38.1 Å². The average molecular weight is 307 g/mol. The maximum absolute atomic E-state index is 12.5. The Morgan fingerprint density at radius 1 is 1.43 bits per heavy atom. The monoisotopic (exact) mass is 307 g/mol. The standard InChI is InChI=1S/C15H21N3O2S/c1-18-8-6-15(7-9-18,14(16)21)17-13(19)11-4-3-5-12(10-11)20-2/h3-5,10H,6-9H2,1-2H3,(H2,16,21)(H,17,19). The van der Waals surface area contributed by atoms with Crippen LogP contribution in [0.3, 0.4) is 0 Å². The van der Waals surface area contributed by atoms with E-state index >= 15 is 0 Å². The molecule has 1 heterocycles. The van der Waals surface area contributed by atoms with Crippen molar-refractivity contribution >= 4 is 23.1 Å². The molecule has 0 bridgehead atoms. The first kappa shape index (κ1) is 15.7. The number of methoxy groups -OCH3 is 1. The first-order valence-electron chi connectivity index (χ1n) is 6.92. The molecule has 0 radical (unpaired) electrons. The lowest BCUT2D eigenvalue weighted by molar-refractivity contribution is 0.0890. The van der Waals surface area contributed by atoms with Gasteiger partial charge in [-0.1, -0.05) is 18.3 Å². The number of likely N-dealkylation sites (tertiary alicyclic amines) is 1. The third kappa shape index (κ3) is 3.51. The molecule has 21 heavy (non-hydrogen) atoms. The van der Waals surface area contributed by atoms with Crippen molar-refractivity contribution in [2.75, 3.05) is 27.2 Å². The Balaban J connectivity index is 2.17. The van der Waals surface area contributed by atoms with E-state index < -0.39 is 5.54 Å². The quantitative estimate of drug-likeness (QED) is 0.818. The van der Waals surface area contributed by atoms with Gasteiger partial charge in [0, 0.05) is 18.7 Å². The number of nitrogens with two attached hydrogens (primary N) is 1. The number of ether oxygens (including phenoxy) is 1. The lowest BCUT2D eigenvalue weighted by Crippen LogP contribution is -2.61. The molecule has 1 aliphatic rings. The largest absolute Gasteiger partial charge is 0.497 e. The molecular weight excluding hydrogens is 286 g/mol. The molecule has 2 rings (SSSR count). The molecule has 1 aromatic rings. The van der Waals surface area contributed by atoms with Gasteiger partial charge < -0.3 is 20.7 Å². The summed E-state index contributed by atoms with van der Waals surface area (Å²) in [6, 6.07) is 7.04. The topological polar surface area (TPSA) is 67.6 Å². The lowest BCUT2D eigenvalue weighted by atomic mass is 9.87. The molecule has 0 aliphatic carbocycles. The van der Waals surface area contributed by atoms with E-state index in [1.54, 1.807) is 31.4 Å². The number of hydrogen-bond acceptors (Lipinski definition) is 4. The van der Waals surface area contributed by atoms with E-state index in [1.807, 2.05) is 7.05 Å². The van der Waals surface area contributed by atoms with Gasteiger partial charge in [0.1, 0.15) is 5.75 Å². The SMILES string of the molecule is COc1cccc(C(=O)NC2(C(N)=S)CCN(C)CC2)c1. The number of carbonyl (C=O) groups excluding carboxylic acids is 1. The number of hydrogen-bond donors (Lipinski definition) is 2. The number of amides is 1. The zero-order valence-electron chi connectivity index (χ0n) is 12.4. The summed E-state index contributed by atoms with van der Waals surface area (Å²) in [6.45, 7) is 1.71. The maximum Gasteiger partial charge on any atom is 0.252 e. The molecule has 1 aromatic carbocycles. The van der Waals surface area contributed by atoms with Crippen LogP contribution in [-0.4, -0.2) is 48.6 Å². The summed E-state index contributed by atoms with van der Waals surface area (Å²) in [4.78, 5) is 15.0. The minimum atomic E-state index is -0.595. The second kappa shape index (κ2) is 6.41. The molecule has 1 fully saturated rings. The second-order valence-electron chi connectivity index (χ2n) is 5.44. The summed E-state index contributed by atoms with van der Waals surface area (Å²) >= 11 is 5.20. The van der Waals surface area contributed by atoms with Gasteiger partial charge in [0.05, 0.1) is 17.6 Å². The maximum atomic E-state index is 12.5. The van der Waals surface area contributed by atoms with Gasteiger partial charge in [-0.15, -0.1) is 0 Å². The van der Waals surface area contributed by atoms with Crippen molar-refractivity contribution in [3.05, 3.63) is 29.8 Å². The molecule has 1 aliphatic heterocycles. The Morgan fingerprint density at radius 2 is 2.10 bits per heavy atom. The Hall–Kier alpha value is -1.66. The molecule has 0 spiro atoms. The summed E-state index contributed by atoms with van der Waals surface area (Å²) in [5, 5.41) is 3.03. The van der Waals surface area contributed by atoms with E-state index in [1.165, 1.54) is 0 Å². The number of thiocarbonyl (C=S) groups is 1. The van der Waals surface area contributed by atoms with Gasteiger partial charge in [-0.3, -0.25) is 4.79 Å². The fraction of sp³-hybridized carbons (Fsp3) is 0.467. The van der Waals surface area contributed by atoms with Crippen LogP contribution >= 0.6 is 12.2 Å². The summed E-state index contributed by atoms with van der Waals surface area (Å²) < 4.78 is 5.14. The number of benzene rings is 1. The minimum Gasteiger partial charge on any atom is -0.497 e. The van der Waals surface area contributed by atoms with Gasteiger partial charge in [0.2, 0.25) is 0 Å². The zero-order chi connectivity index (χ0) is 15.5. The third-order valence-corrected chi connectivity index (χ3v) is 4.39. The van der Waals surface area contributed by atoms with Crippen molar-refractivity contribution < 1.29 is 9.53 Å². The molecule has 6 heteroatoms. The smallest absolute Gasteiger partial charge is 0.252 e. The molecule has 0 atom stereocenters. The van der Waals surface area contributed by atoms with Gasteiger partial charge in [-0.25, -0.2) is 0 Å². The third-order valence-electron chi connectivity index (χ3n) is 4.00. The minimum absolute atomic E-state index is 0.175. The van der Waals surface area contributed by atoms with Gasteiger partial charge in [-0.2, -0.15) is 0 Å². The Morgan fingerprint density at radius 3 is 2.67 bits per heavy atom. The van der Waals surface area contributed by atoms with Crippen molar-refractivity contribution in [1.82, 2.24) is 10.2 Å². The molecule has 1 amide bonds. The highest BCUT2D eigenvalue weighted by molar-refractivity contribution is 7.80. The van der Waals surface area contributed by atoms with Gasteiger partial charge in [0.25, 0.3) is 5.91 Å². The van der Waals surface area contributed by atoms with E-state index in [0.717, 1.165) is 25.9 Å². The van der Waals surface area contributed by atoms with E-state index in [0.29, 0.717) is 16.3 Å². The number of nitrogens with zero attached hydrogens (tertiary/aromatic N) is 1. The van der Waals surface area contributed by atoms with E-state index in [-0.39, 0.29) is 5.91 Å². The fourth-order valence-corrected chi connectivity index (χ4v) is 2.74. The molecule has 114 valence electrons. The van der Waals surface area contributed by atoms with Crippen LogP contribution in [-0.2, 0) is 0 Å². The molecule has 3 N–H and O–H groups in total. The molecule has 1 saturated heterocycles. The Labute approximate surface area is 130 Å². The summed E-state index contributed by atoms with van der Waals surface area (Å²) in [5.41, 5.74) is 5.85. The highest BCUT2D eigenvalue weighted by Gasteiger charge is 2.38. The Kier molecular flexibility index (Phi) is 4.80. The van der Waals surface area contributed by atoms with Crippen LogP contribution in [0, 0.1) is 0 Å². The first-order valence-corrected chi connectivity index (χ1v) is 7.33. The van der Waals surface area contributed by atoms with E-state index in [4.69, 9.17) is 22.7 Å². The van der Waals surface area contributed by atoms with Crippen molar-refractivity contribution in [3.8, 4) is 5.75 Å². The molecular formula is C15H21N3O2S. The van der Waals surface area contributed by atoms with Crippen molar-refractivity contribution in [2.24, 2.45) is 5.73 Å². The highest BCUT2D eigenvalue weighted by atomic mass is 32.1. The number of piperidine rings is 1. The predicted octanol–water partition coefficient (Wildman–Crippen LogP) is 1.18. The highest BCUT2D eigenvalue weighted by Crippen LogP contribution is 2.23. The van der Waals surface area contributed by atoms with Gasteiger partial charge >= 0.3 is 0 Å². The molecule has 0 saturated carbocycles. The Bertz CT molecular complexity index is 539. The number of carbonyl (C=O) groups is 1. The van der Waals surface area contributed by atoms with Gasteiger partial charge in [0.15, 0.2) is 0 Å². The summed E-state index contributed by atoms with van der Waals surface area (Å²) in [5.74, 6) is 0.474. The van der Waals surface area contributed by atoms with Crippen molar-refractivity contribution in [3.63, 3.8) is 0 Å². The van der Waals surface area contributed by atoms with Crippen LogP contribution in [0.4, 0.5) is 0 Å². The summed E-state index contributed by atoms with van der Waals surface area (Å²) in [7, 11) is 3.62. The van der Waals surface area contributed by atoms with Crippen molar-refractivity contribution in [2.45, 2.75) is 18.4 Å². The van der Waals surface area contributed by atoms with E-state index in [2.05, 4.69) is 10.2 Å². The lowest BCUT2D eigenvalue weighted by Gasteiger charge is -2.40. The van der Waals surface area contributed by atoms with Crippen LogP contribution in [0.25, 0.3) is 0 Å². The van der Waals surface area contributed by atoms with E-state index in [9.17, 15) is 4.79 Å². The number of rotatable bonds is 4. The summed E-state index contributed by atoms with van der Waals surface area (Å²) in [6.07, 6.45) is 1.46. The zero-order valence-corrected chi connectivity index (χ0v) is 13.2. The molecule has 0 aromatic heterocycles. The molecule has 5 nitrogen and oxygen atoms in total. The van der Waals surface area contributed by atoms with Crippen molar-refractivity contribution in [1.29, 1.82) is 0 Å². The predicted molar refractivity (Wildman–Crippen MR) is 86.7 cm³/mol. The normalized spacial score (nSPS) is 18.0.